The lowest BCUT2D eigenvalue weighted by Crippen LogP contribution is -2.50. The highest BCUT2D eigenvalue weighted by molar-refractivity contribution is 7.84. The zero-order chi connectivity index (χ0) is 14.7. The third-order valence-corrected chi connectivity index (χ3v) is 5.74. The Morgan fingerprint density at radius 1 is 1.30 bits per heavy atom. The lowest BCUT2D eigenvalue weighted by atomic mass is 9.84. The van der Waals surface area contributed by atoms with Crippen LogP contribution in [-0.2, 0) is 15.6 Å². The van der Waals surface area contributed by atoms with Gasteiger partial charge in [-0.15, -0.1) is 0 Å². The van der Waals surface area contributed by atoms with Gasteiger partial charge < -0.3 is 15.7 Å². The fourth-order valence-electron chi connectivity index (χ4n) is 3.48. The minimum absolute atomic E-state index is 0.204. The Labute approximate surface area is 121 Å². The highest BCUT2D eigenvalue weighted by Gasteiger charge is 2.51. The summed E-state index contributed by atoms with van der Waals surface area (Å²) < 4.78 is 11.2. The van der Waals surface area contributed by atoms with Gasteiger partial charge in [-0.1, -0.05) is 6.92 Å². The van der Waals surface area contributed by atoms with Crippen LogP contribution < -0.4 is 10.6 Å². The van der Waals surface area contributed by atoms with Gasteiger partial charge in [-0.2, -0.15) is 0 Å². The molecule has 5 unspecified atom stereocenters. The molecule has 0 saturated heterocycles. The van der Waals surface area contributed by atoms with E-state index in [1.807, 2.05) is 6.92 Å². The Kier molecular flexibility index (Phi) is 5.01. The van der Waals surface area contributed by atoms with Crippen molar-refractivity contribution in [3.05, 3.63) is 0 Å². The number of carbonyl (C=O) groups excluding carboxylic acids is 1. The number of carboxylic acid groups (broad SMARTS) is 1. The summed E-state index contributed by atoms with van der Waals surface area (Å²) in [7, 11) is -0.900. The standard InChI is InChI=1S/C13H22N2O4S/c1-2-20(19)6-5-14-13(18)15-11-9-4-3-8(7-9)10(11)12(16)17/h8-11H,2-7H2,1H3,(H,16,17)(H2,14,15,18). The summed E-state index contributed by atoms with van der Waals surface area (Å²) in [5.74, 6) is 0.241. The summed E-state index contributed by atoms with van der Waals surface area (Å²) in [6.45, 7) is 2.19. The van der Waals surface area contributed by atoms with Crippen molar-refractivity contribution in [1.29, 1.82) is 0 Å². The number of carbonyl (C=O) groups is 2. The van der Waals surface area contributed by atoms with E-state index in [0.717, 1.165) is 19.3 Å². The highest BCUT2D eigenvalue weighted by Crippen LogP contribution is 2.48. The number of nitrogens with one attached hydrogen (secondary N) is 2. The number of rotatable bonds is 6. The largest absolute Gasteiger partial charge is 0.481 e. The average molecular weight is 302 g/mol. The van der Waals surface area contributed by atoms with Crippen molar-refractivity contribution in [3.63, 3.8) is 0 Å². The van der Waals surface area contributed by atoms with Gasteiger partial charge in [0.05, 0.1) is 5.92 Å². The minimum atomic E-state index is -0.900. The Morgan fingerprint density at radius 2 is 2.00 bits per heavy atom. The summed E-state index contributed by atoms with van der Waals surface area (Å²) in [4.78, 5) is 23.1. The predicted molar refractivity (Wildman–Crippen MR) is 75.8 cm³/mol. The second-order valence-corrected chi connectivity index (χ2v) is 7.42. The topological polar surface area (TPSA) is 95.5 Å². The van der Waals surface area contributed by atoms with Crippen molar-refractivity contribution in [2.45, 2.75) is 32.2 Å². The molecule has 0 aromatic carbocycles. The second kappa shape index (κ2) is 6.56. The van der Waals surface area contributed by atoms with Gasteiger partial charge in [0.15, 0.2) is 0 Å². The van der Waals surface area contributed by atoms with Gasteiger partial charge in [0.1, 0.15) is 0 Å². The molecule has 5 atom stereocenters. The Hall–Kier alpha value is -1.11. The molecule has 2 fully saturated rings. The normalized spacial score (nSPS) is 32.9. The van der Waals surface area contributed by atoms with Crippen molar-refractivity contribution in [3.8, 4) is 0 Å². The first kappa shape index (κ1) is 15.3. The van der Waals surface area contributed by atoms with Crippen molar-refractivity contribution < 1.29 is 18.9 Å². The first-order chi connectivity index (χ1) is 9.52. The maximum Gasteiger partial charge on any atom is 0.315 e. The molecule has 0 aliphatic heterocycles. The number of amides is 2. The molecule has 2 amide bonds. The minimum Gasteiger partial charge on any atom is -0.481 e. The van der Waals surface area contributed by atoms with Crippen molar-refractivity contribution in [2.24, 2.45) is 17.8 Å². The number of hydrogen-bond donors (Lipinski definition) is 3. The molecule has 6 nitrogen and oxygen atoms in total. The lowest BCUT2D eigenvalue weighted by Gasteiger charge is -2.28. The molecule has 0 spiro atoms. The molecule has 0 aromatic heterocycles. The van der Waals surface area contributed by atoms with E-state index in [1.54, 1.807) is 0 Å². The highest BCUT2D eigenvalue weighted by atomic mass is 32.2. The SMILES string of the molecule is CCS(=O)CCNC(=O)NC1C2CCC(C2)C1C(=O)O. The molecule has 2 rings (SSSR count). The molecule has 2 aliphatic carbocycles. The molecule has 114 valence electrons. The van der Waals surface area contributed by atoms with Crippen LogP contribution in [0.5, 0.6) is 0 Å². The summed E-state index contributed by atoms with van der Waals surface area (Å²) >= 11 is 0. The number of urea groups is 1. The molecular weight excluding hydrogens is 280 g/mol. The molecule has 2 bridgehead atoms. The summed E-state index contributed by atoms with van der Waals surface area (Å²) in [6, 6.07) is -0.607. The smallest absolute Gasteiger partial charge is 0.315 e. The van der Waals surface area contributed by atoms with E-state index < -0.39 is 22.7 Å². The van der Waals surface area contributed by atoms with Crippen LogP contribution in [-0.4, -0.2) is 45.4 Å². The van der Waals surface area contributed by atoms with Gasteiger partial charge in [-0.25, -0.2) is 4.79 Å². The van der Waals surface area contributed by atoms with E-state index in [1.165, 1.54) is 0 Å². The van der Waals surface area contributed by atoms with E-state index >= 15 is 0 Å². The van der Waals surface area contributed by atoms with Gasteiger partial charge in [0, 0.05) is 34.9 Å². The zero-order valence-electron chi connectivity index (χ0n) is 11.6. The predicted octanol–water partition coefficient (Wildman–Crippen LogP) is 0.554. The lowest BCUT2D eigenvalue weighted by molar-refractivity contribution is -0.144. The van der Waals surface area contributed by atoms with Gasteiger partial charge in [0.25, 0.3) is 0 Å². The number of hydrogen-bond acceptors (Lipinski definition) is 3. The van der Waals surface area contributed by atoms with E-state index in [9.17, 15) is 18.9 Å². The van der Waals surface area contributed by atoms with Crippen LogP contribution in [0.2, 0.25) is 0 Å². The van der Waals surface area contributed by atoms with Crippen molar-refractivity contribution >= 4 is 22.8 Å². The van der Waals surface area contributed by atoms with Crippen molar-refractivity contribution in [2.75, 3.05) is 18.1 Å². The summed E-state index contributed by atoms with van der Waals surface area (Å²) in [5, 5.41) is 14.7. The summed E-state index contributed by atoms with van der Waals surface area (Å²) in [5.41, 5.74) is 0. The van der Waals surface area contributed by atoms with Crippen LogP contribution in [0, 0.1) is 17.8 Å². The molecule has 2 saturated carbocycles. The molecule has 3 N–H and O–H groups in total. The fraction of sp³-hybridized carbons (Fsp3) is 0.846. The zero-order valence-corrected chi connectivity index (χ0v) is 12.4. The fourth-order valence-corrected chi connectivity index (χ4v) is 4.10. The maximum absolute atomic E-state index is 11.8. The Balaban J connectivity index is 1.81. The van der Waals surface area contributed by atoms with Gasteiger partial charge in [-0.3, -0.25) is 9.00 Å². The van der Waals surface area contributed by atoms with Crippen LogP contribution in [0.4, 0.5) is 4.79 Å². The van der Waals surface area contributed by atoms with Crippen LogP contribution in [0.15, 0.2) is 0 Å². The monoisotopic (exact) mass is 302 g/mol. The molecule has 0 aromatic rings. The number of carboxylic acids is 1. The number of fused-ring (bicyclic) bond motifs is 2. The van der Waals surface area contributed by atoms with Crippen LogP contribution in [0.1, 0.15) is 26.2 Å². The quantitative estimate of drug-likeness (QED) is 0.668. The van der Waals surface area contributed by atoms with Crippen LogP contribution in [0.3, 0.4) is 0 Å². The third kappa shape index (κ3) is 3.31. The third-order valence-electron chi connectivity index (χ3n) is 4.44. The van der Waals surface area contributed by atoms with E-state index in [0.29, 0.717) is 18.1 Å². The van der Waals surface area contributed by atoms with Gasteiger partial charge in [-0.05, 0) is 31.1 Å². The molecular formula is C13H22N2O4S. The van der Waals surface area contributed by atoms with E-state index in [4.69, 9.17) is 0 Å². The van der Waals surface area contributed by atoms with Crippen LogP contribution >= 0.6 is 0 Å². The Bertz CT molecular complexity index is 415. The first-order valence-electron chi connectivity index (χ1n) is 7.15. The second-order valence-electron chi connectivity index (χ2n) is 5.56. The van der Waals surface area contributed by atoms with Crippen molar-refractivity contribution in [1.82, 2.24) is 10.6 Å². The molecule has 0 heterocycles. The molecule has 0 radical (unpaired) electrons. The average Bonchev–Trinajstić information content (AvgIpc) is 2.98. The van der Waals surface area contributed by atoms with Gasteiger partial charge >= 0.3 is 12.0 Å². The molecule has 7 heteroatoms. The Morgan fingerprint density at radius 3 is 2.65 bits per heavy atom. The van der Waals surface area contributed by atoms with E-state index in [-0.39, 0.29) is 23.9 Å². The van der Waals surface area contributed by atoms with Crippen LogP contribution in [0.25, 0.3) is 0 Å². The van der Waals surface area contributed by atoms with Gasteiger partial charge in [0.2, 0.25) is 0 Å². The maximum atomic E-state index is 11.8. The number of aliphatic carboxylic acids is 1. The molecule has 20 heavy (non-hydrogen) atoms. The molecule has 2 aliphatic rings. The van der Waals surface area contributed by atoms with E-state index in [2.05, 4.69) is 10.6 Å². The summed E-state index contributed by atoms with van der Waals surface area (Å²) in [6.07, 6.45) is 2.86. The first-order valence-corrected chi connectivity index (χ1v) is 8.63.